The van der Waals surface area contributed by atoms with Crippen molar-refractivity contribution in [3.63, 3.8) is 0 Å². The topological polar surface area (TPSA) is 58.6 Å². The molecule has 28 heavy (non-hydrogen) atoms. The van der Waals surface area contributed by atoms with E-state index in [4.69, 9.17) is 9.84 Å². The number of nitrogens with one attached hydrogen (secondary N) is 1. The van der Waals surface area contributed by atoms with E-state index in [9.17, 15) is 9.18 Å². The molecule has 0 saturated carbocycles. The number of carboxylic acids is 1. The van der Waals surface area contributed by atoms with E-state index in [1.807, 2.05) is 6.07 Å². The lowest BCUT2D eigenvalue weighted by Gasteiger charge is -2.16. The quantitative estimate of drug-likeness (QED) is 0.526. The highest BCUT2D eigenvalue weighted by atomic mass is 19.1. The summed E-state index contributed by atoms with van der Waals surface area (Å²) in [6, 6.07) is 19.6. The van der Waals surface area contributed by atoms with Crippen LogP contribution in [0.1, 0.15) is 30.5 Å². The summed E-state index contributed by atoms with van der Waals surface area (Å²) >= 11 is 0. The van der Waals surface area contributed by atoms with Gasteiger partial charge in [0.15, 0.2) is 18.2 Å². The van der Waals surface area contributed by atoms with E-state index in [2.05, 4.69) is 48.6 Å². The zero-order chi connectivity index (χ0) is 19.9. The van der Waals surface area contributed by atoms with Crippen LogP contribution in [0.15, 0.2) is 60.7 Å². The van der Waals surface area contributed by atoms with Crippen molar-refractivity contribution in [2.75, 3.05) is 13.2 Å². The van der Waals surface area contributed by atoms with Gasteiger partial charge >= 0.3 is 5.97 Å². The smallest absolute Gasteiger partial charge is 0.341 e. The molecule has 0 unspecified atom stereocenters. The molecule has 0 aliphatic rings. The van der Waals surface area contributed by atoms with Gasteiger partial charge < -0.3 is 15.2 Å². The second kappa shape index (κ2) is 9.33. The largest absolute Gasteiger partial charge is 0.479 e. The maximum absolute atomic E-state index is 14.0. The Morgan fingerprint density at radius 3 is 2.71 bits per heavy atom. The highest BCUT2D eigenvalue weighted by Gasteiger charge is 2.09. The first-order valence-corrected chi connectivity index (χ1v) is 9.38. The summed E-state index contributed by atoms with van der Waals surface area (Å²) in [5.41, 5.74) is 2.13. The van der Waals surface area contributed by atoms with Crippen molar-refractivity contribution in [1.29, 1.82) is 0 Å². The van der Waals surface area contributed by atoms with Crippen molar-refractivity contribution >= 4 is 16.7 Å². The first-order valence-electron chi connectivity index (χ1n) is 9.38. The standard InChI is InChI=1S/C23H24FNO3/c1-16(19-10-4-8-18-7-2-3-9-20(18)19)25-13-5-6-17-11-12-22(21(24)14-17)28-15-23(26)27/h2-4,7-12,14,16,25H,5-6,13,15H2,1H3,(H,26,27)/t16-/m1/s1. The van der Waals surface area contributed by atoms with Crippen LogP contribution in [0.3, 0.4) is 0 Å². The molecule has 0 saturated heterocycles. The Morgan fingerprint density at radius 2 is 1.93 bits per heavy atom. The van der Waals surface area contributed by atoms with Crippen LogP contribution in [0.4, 0.5) is 4.39 Å². The third-order valence-electron chi connectivity index (χ3n) is 4.73. The molecule has 0 heterocycles. The summed E-state index contributed by atoms with van der Waals surface area (Å²) in [5.74, 6) is -1.69. The molecule has 0 spiro atoms. The number of aliphatic carboxylic acids is 1. The van der Waals surface area contributed by atoms with Crippen molar-refractivity contribution in [2.45, 2.75) is 25.8 Å². The minimum atomic E-state index is -1.13. The maximum atomic E-state index is 14.0. The van der Waals surface area contributed by atoms with Gasteiger partial charge in [0, 0.05) is 6.04 Å². The summed E-state index contributed by atoms with van der Waals surface area (Å²) in [5, 5.41) is 14.6. The molecular formula is C23H24FNO3. The fourth-order valence-corrected chi connectivity index (χ4v) is 3.31. The first kappa shape index (κ1) is 19.8. The fraction of sp³-hybridized carbons (Fsp3) is 0.261. The lowest BCUT2D eigenvalue weighted by molar-refractivity contribution is -0.139. The molecule has 0 bridgehead atoms. The monoisotopic (exact) mass is 381 g/mol. The van der Waals surface area contributed by atoms with Crippen LogP contribution in [0.2, 0.25) is 0 Å². The van der Waals surface area contributed by atoms with Crippen molar-refractivity contribution < 1.29 is 19.0 Å². The lowest BCUT2D eigenvalue weighted by atomic mass is 9.99. The third-order valence-corrected chi connectivity index (χ3v) is 4.73. The van der Waals surface area contributed by atoms with Crippen LogP contribution in [0, 0.1) is 5.82 Å². The maximum Gasteiger partial charge on any atom is 0.341 e. The van der Waals surface area contributed by atoms with Crippen LogP contribution < -0.4 is 10.1 Å². The van der Waals surface area contributed by atoms with E-state index in [-0.39, 0.29) is 11.8 Å². The molecule has 3 rings (SSSR count). The number of hydrogen-bond acceptors (Lipinski definition) is 3. The van der Waals surface area contributed by atoms with Crippen molar-refractivity contribution in [3.05, 3.63) is 77.6 Å². The van der Waals surface area contributed by atoms with E-state index < -0.39 is 18.4 Å². The molecule has 4 nitrogen and oxygen atoms in total. The molecule has 1 atom stereocenters. The Labute approximate surface area is 164 Å². The van der Waals surface area contributed by atoms with Crippen LogP contribution in [-0.4, -0.2) is 24.2 Å². The summed E-state index contributed by atoms with van der Waals surface area (Å²) in [4.78, 5) is 10.5. The fourth-order valence-electron chi connectivity index (χ4n) is 3.31. The van der Waals surface area contributed by atoms with E-state index in [0.717, 1.165) is 24.9 Å². The molecule has 0 aliphatic carbocycles. The van der Waals surface area contributed by atoms with Gasteiger partial charge in [-0.2, -0.15) is 0 Å². The number of benzene rings is 3. The number of aryl methyl sites for hydroxylation is 1. The van der Waals surface area contributed by atoms with Gasteiger partial charge in [0.1, 0.15) is 0 Å². The summed E-state index contributed by atoms with van der Waals surface area (Å²) < 4.78 is 18.9. The molecule has 146 valence electrons. The third kappa shape index (κ3) is 5.08. The predicted octanol–water partition coefficient (Wildman–Crippen LogP) is 4.73. The van der Waals surface area contributed by atoms with Crippen molar-refractivity contribution in [3.8, 4) is 5.75 Å². The van der Waals surface area contributed by atoms with Crippen LogP contribution in [0.5, 0.6) is 5.75 Å². The van der Waals surface area contributed by atoms with Crippen LogP contribution in [0.25, 0.3) is 10.8 Å². The number of carbonyl (C=O) groups is 1. The van der Waals surface area contributed by atoms with E-state index >= 15 is 0 Å². The second-order valence-electron chi connectivity index (χ2n) is 6.79. The van der Waals surface area contributed by atoms with Gasteiger partial charge in [0.25, 0.3) is 0 Å². The molecule has 3 aromatic carbocycles. The Balaban J connectivity index is 1.51. The number of halogens is 1. The predicted molar refractivity (Wildman–Crippen MR) is 108 cm³/mol. The van der Waals surface area contributed by atoms with Gasteiger partial charge in [-0.15, -0.1) is 0 Å². The second-order valence-corrected chi connectivity index (χ2v) is 6.79. The molecule has 5 heteroatoms. The van der Waals surface area contributed by atoms with Gasteiger partial charge in [-0.1, -0.05) is 48.5 Å². The molecule has 0 amide bonds. The molecule has 0 aliphatic heterocycles. The lowest BCUT2D eigenvalue weighted by Crippen LogP contribution is -2.20. The number of hydrogen-bond donors (Lipinski definition) is 2. The summed E-state index contributed by atoms with van der Waals surface area (Å²) in [6.45, 7) is 2.41. The van der Waals surface area contributed by atoms with E-state index in [1.54, 1.807) is 6.07 Å². The average Bonchev–Trinajstić information content (AvgIpc) is 2.69. The van der Waals surface area contributed by atoms with Gasteiger partial charge in [-0.3, -0.25) is 0 Å². The SMILES string of the molecule is C[C@@H](NCCCc1ccc(OCC(=O)O)c(F)c1)c1cccc2ccccc12. The Kier molecular flexibility index (Phi) is 6.61. The summed E-state index contributed by atoms with van der Waals surface area (Å²) in [6.07, 6.45) is 1.59. The molecule has 0 aromatic heterocycles. The highest BCUT2D eigenvalue weighted by Crippen LogP contribution is 2.24. The highest BCUT2D eigenvalue weighted by molar-refractivity contribution is 5.86. The van der Waals surface area contributed by atoms with Crippen LogP contribution in [-0.2, 0) is 11.2 Å². The van der Waals surface area contributed by atoms with Crippen molar-refractivity contribution in [1.82, 2.24) is 5.32 Å². The van der Waals surface area contributed by atoms with Gasteiger partial charge in [-0.25, -0.2) is 9.18 Å². The normalized spacial score (nSPS) is 12.1. The zero-order valence-electron chi connectivity index (χ0n) is 15.8. The summed E-state index contributed by atoms with van der Waals surface area (Å²) in [7, 11) is 0. The number of fused-ring (bicyclic) bond motifs is 1. The number of rotatable bonds is 9. The number of carboxylic acid groups (broad SMARTS) is 1. The number of ether oxygens (including phenoxy) is 1. The van der Waals surface area contributed by atoms with Gasteiger partial charge in [0.05, 0.1) is 0 Å². The van der Waals surface area contributed by atoms with E-state index in [0.29, 0.717) is 0 Å². The average molecular weight is 381 g/mol. The molecule has 0 radical (unpaired) electrons. The van der Waals surface area contributed by atoms with Gasteiger partial charge in [0.2, 0.25) is 0 Å². The molecular weight excluding hydrogens is 357 g/mol. The Morgan fingerprint density at radius 1 is 1.14 bits per heavy atom. The first-order chi connectivity index (χ1) is 13.5. The minimum absolute atomic E-state index is 0.0335. The molecule has 3 aromatic rings. The van der Waals surface area contributed by atoms with Crippen LogP contribution >= 0.6 is 0 Å². The molecule has 2 N–H and O–H groups in total. The molecule has 0 fully saturated rings. The Bertz CT molecular complexity index is 952. The van der Waals surface area contributed by atoms with E-state index in [1.165, 1.54) is 28.5 Å². The zero-order valence-corrected chi connectivity index (χ0v) is 15.8. The Hall–Kier alpha value is -2.92. The van der Waals surface area contributed by atoms with Crippen molar-refractivity contribution in [2.24, 2.45) is 0 Å². The minimum Gasteiger partial charge on any atom is -0.479 e. The van der Waals surface area contributed by atoms with Gasteiger partial charge in [-0.05, 0) is 60.3 Å².